The third-order valence-corrected chi connectivity index (χ3v) is 3.03. The summed E-state index contributed by atoms with van der Waals surface area (Å²) in [6.45, 7) is 11.3. The molecule has 1 rings (SSSR count). The highest BCUT2D eigenvalue weighted by Crippen LogP contribution is 2.59. The zero-order chi connectivity index (χ0) is 13.4. The summed E-state index contributed by atoms with van der Waals surface area (Å²) >= 11 is 0. The first-order valence-electron chi connectivity index (χ1n) is 6.00. The molecule has 2 atom stereocenters. The lowest BCUT2D eigenvalue weighted by atomic mass is 10.1. The maximum absolute atomic E-state index is 11.9. The number of esters is 2. The predicted octanol–water partition coefficient (Wildman–Crippen LogP) is 2.16. The molecule has 0 N–H and O–H groups in total. The van der Waals surface area contributed by atoms with E-state index in [-0.39, 0.29) is 29.2 Å². The third-order valence-electron chi connectivity index (χ3n) is 3.03. The summed E-state index contributed by atoms with van der Waals surface area (Å²) in [5.74, 6) is -1.34. The van der Waals surface area contributed by atoms with E-state index in [1.165, 1.54) is 0 Å². The van der Waals surface area contributed by atoms with Crippen LogP contribution in [0, 0.1) is 17.3 Å². The van der Waals surface area contributed by atoms with Crippen LogP contribution in [0.2, 0.25) is 0 Å². The fourth-order valence-corrected chi connectivity index (χ4v) is 2.11. The molecule has 0 amide bonds. The highest BCUT2D eigenvalue weighted by Gasteiger charge is 2.67. The largest absolute Gasteiger partial charge is 0.466 e. The Morgan fingerprint density at radius 2 is 1.59 bits per heavy atom. The fraction of sp³-hybridized carbons (Fsp3) is 0.846. The molecule has 0 aromatic heterocycles. The maximum Gasteiger partial charge on any atom is 0.310 e. The monoisotopic (exact) mass is 242 g/mol. The van der Waals surface area contributed by atoms with Crippen molar-refractivity contribution in [2.24, 2.45) is 17.3 Å². The Morgan fingerprint density at radius 1 is 1.12 bits per heavy atom. The van der Waals surface area contributed by atoms with Gasteiger partial charge in [0, 0.05) is 0 Å². The highest BCUT2D eigenvalue weighted by molar-refractivity contribution is 5.89. The lowest BCUT2D eigenvalue weighted by Crippen LogP contribution is -2.26. The van der Waals surface area contributed by atoms with E-state index in [0.717, 1.165) is 0 Å². The van der Waals surface area contributed by atoms with Gasteiger partial charge < -0.3 is 9.47 Å². The molecule has 0 spiro atoms. The lowest BCUT2D eigenvalue weighted by Gasteiger charge is -2.19. The van der Waals surface area contributed by atoms with Crippen LogP contribution in [0.25, 0.3) is 0 Å². The van der Waals surface area contributed by atoms with Crippen molar-refractivity contribution in [2.75, 3.05) is 6.61 Å². The summed E-state index contributed by atoms with van der Waals surface area (Å²) < 4.78 is 10.3. The Morgan fingerprint density at radius 3 is 2.00 bits per heavy atom. The van der Waals surface area contributed by atoms with Gasteiger partial charge in [-0.25, -0.2) is 0 Å². The van der Waals surface area contributed by atoms with Gasteiger partial charge in [0.15, 0.2) is 0 Å². The molecular formula is C13H22O4. The van der Waals surface area contributed by atoms with E-state index in [1.807, 2.05) is 34.6 Å². The SMILES string of the molecule is CCOC(=O)[C@@H]1[C@@H](C(=O)OC(C)(C)C)C1(C)C. The minimum absolute atomic E-state index is 0.298. The molecule has 4 nitrogen and oxygen atoms in total. The molecule has 1 saturated carbocycles. The van der Waals surface area contributed by atoms with Gasteiger partial charge >= 0.3 is 11.9 Å². The number of hydrogen-bond donors (Lipinski definition) is 0. The van der Waals surface area contributed by atoms with Crippen LogP contribution in [0.4, 0.5) is 0 Å². The molecule has 0 saturated heterocycles. The van der Waals surface area contributed by atoms with E-state index in [4.69, 9.17) is 9.47 Å². The Hall–Kier alpha value is -1.06. The van der Waals surface area contributed by atoms with E-state index in [1.54, 1.807) is 6.92 Å². The molecule has 98 valence electrons. The van der Waals surface area contributed by atoms with Crippen LogP contribution in [0.15, 0.2) is 0 Å². The zero-order valence-corrected chi connectivity index (χ0v) is 11.5. The molecule has 1 aliphatic carbocycles. The molecule has 0 aromatic rings. The average molecular weight is 242 g/mol. The van der Waals surface area contributed by atoms with Crippen molar-refractivity contribution >= 4 is 11.9 Å². The number of carbonyl (C=O) groups excluding carboxylic acids is 2. The van der Waals surface area contributed by atoms with E-state index in [9.17, 15) is 9.59 Å². The molecule has 0 aliphatic heterocycles. The van der Waals surface area contributed by atoms with Crippen LogP contribution < -0.4 is 0 Å². The van der Waals surface area contributed by atoms with E-state index in [0.29, 0.717) is 6.61 Å². The van der Waals surface area contributed by atoms with Crippen molar-refractivity contribution in [2.45, 2.75) is 47.1 Å². The molecule has 0 heterocycles. The van der Waals surface area contributed by atoms with Gasteiger partial charge in [0.1, 0.15) is 5.60 Å². The van der Waals surface area contributed by atoms with E-state index >= 15 is 0 Å². The van der Waals surface area contributed by atoms with Crippen molar-refractivity contribution in [3.63, 3.8) is 0 Å². The topological polar surface area (TPSA) is 52.6 Å². The number of carbonyl (C=O) groups is 2. The number of hydrogen-bond acceptors (Lipinski definition) is 4. The van der Waals surface area contributed by atoms with E-state index < -0.39 is 5.60 Å². The minimum atomic E-state index is -0.519. The van der Waals surface area contributed by atoms with Crippen LogP contribution in [-0.2, 0) is 19.1 Å². The van der Waals surface area contributed by atoms with Crippen molar-refractivity contribution in [3.05, 3.63) is 0 Å². The lowest BCUT2D eigenvalue weighted by molar-refractivity contribution is -0.159. The second-order valence-corrected chi connectivity index (χ2v) is 6.06. The van der Waals surface area contributed by atoms with Crippen LogP contribution in [0.5, 0.6) is 0 Å². The molecular weight excluding hydrogens is 220 g/mol. The van der Waals surface area contributed by atoms with Crippen molar-refractivity contribution in [1.82, 2.24) is 0 Å². The third kappa shape index (κ3) is 2.99. The second kappa shape index (κ2) is 4.31. The van der Waals surface area contributed by atoms with Crippen molar-refractivity contribution in [1.29, 1.82) is 0 Å². The first-order valence-corrected chi connectivity index (χ1v) is 6.00. The molecule has 1 aliphatic rings. The minimum Gasteiger partial charge on any atom is -0.466 e. The molecule has 17 heavy (non-hydrogen) atoms. The molecule has 0 bridgehead atoms. The standard InChI is InChI=1S/C13H22O4/c1-7-16-10(14)8-9(13(8,5)6)11(15)17-12(2,3)4/h8-9H,7H2,1-6H3/t8-,9-/m0/s1. The maximum atomic E-state index is 11.9. The average Bonchev–Trinajstić information content (AvgIpc) is 2.66. The Kier molecular flexibility index (Phi) is 3.55. The molecule has 0 aromatic carbocycles. The van der Waals surface area contributed by atoms with Gasteiger partial charge in [0.25, 0.3) is 0 Å². The Balaban J connectivity index is 2.68. The van der Waals surface area contributed by atoms with Crippen LogP contribution in [0.3, 0.4) is 0 Å². The quantitative estimate of drug-likeness (QED) is 0.712. The van der Waals surface area contributed by atoms with Crippen LogP contribution >= 0.6 is 0 Å². The highest BCUT2D eigenvalue weighted by atomic mass is 16.6. The molecule has 0 radical (unpaired) electrons. The fourth-order valence-electron chi connectivity index (χ4n) is 2.11. The number of rotatable bonds is 3. The van der Waals surface area contributed by atoms with Crippen molar-refractivity contribution in [3.8, 4) is 0 Å². The summed E-state index contributed by atoms with van der Waals surface area (Å²) in [5, 5.41) is 0. The van der Waals surface area contributed by atoms with Gasteiger partial charge in [0.05, 0.1) is 18.4 Å². The molecule has 1 fully saturated rings. The normalized spacial score (nSPS) is 26.2. The van der Waals surface area contributed by atoms with Gasteiger partial charge in [-0.2, -0.15) is 0 Å². The molecule has 0 unspecified atom stereocenters. The summed E-state index contributed by atoms with van der Waals surface area (Å²) in [5.41, 5.74) is -0.871. The summed E-state index contributed by atoms with van der Waals surface area (Å²) in [4.78, 5) is 23.6. The smallest absolute Gasteiger partial charge is 0.310 e. The zero-order valence-electron chi connectivity index (χ0n) is 11.5. The van der Waals surface area contributed by atoms with Crippen LogP contribution in [0.1, 0.15) is 41.5 Å². The van der Waals surface area contributed by atoms with Gasteiger partial charge in [0.2, 0.25) is 0 Å². The summed E-state index contributed by atoms with van der Waals surface area (Å²) in [6.07, 6.45) is 0. The summed E-state index contributed by atoms with van der Waals surface area (Å²) in [7, 11) is 0. The van der Waals surface area contributed by atoms with Gasteiger partial charge in [-0.3, -0.25) is 9.59 Å². The van der Waals surface area contributed by atoms with Crippen molar-refractivity contribution < 1.29 is 19.1 Å². The first-order chi connectivity index (χ1) is 7.61. The second-order valence-electron chi connectivity index (χ2n) is 6.06. The first kappa shape index (κ1) is 14.0. The Bertz CT molecular complexity index is 325. The van der Waals surface area contributed by atoms with Crippen LogP contribution in [-0.4, -0.2) is 24.1 Å². The van der Waals surface area contributed by atoms with Gasteiger partial charge in [-0.15, -0.1) is 0 Å². The van der Waals surface area contributed by atoms with Gasteiger partial charge in [-0.05, 0) is 33.1 Å². The predicted molar refractivity (Wildman–Crippen MR) is 63.2 cm³/mol. The Labute approximate surface area is 103 Å². The number of ether oxygens (including phenoxy) is 2. The molecule has 4 heteroatoms. The van der Waals surface area contributed by atoms with Gasteiger partial charge in [-0.1, -0.05) is 13.8 Å². The summed E-state index contributed by atoms with van der Waals surface area (Å²) in [6, 6.07) is 0. The van der Waals surface area contributed by atoms with E-state index in [2.05, 4.69) is 0 Å².